The molecule has 0 saturated heterocycles. The Kier molecular flexibility index (Phi) is 4.72. The molecule has 7 nitrogen and oxygen atoms in total. The number of hydrogen-bond donors (Lipinski definition) is 3. The minimum atomic E-state index is -0.817. The summed E-state index contributed by atoms with van der Waals surface area (Å²) in [6.07, 6.45) is 0. The number of anilines is 1. The molecule has 0 bridgehead atoms. The molecule has 27 heavy (non-hydrogen) atoms. The summed E-state index contributed by atoms with van der Waals surface area (Å²) < 4.78 is 13.3. The Labute approximate surface area is 154 Å². The lowest BCUT2D eigenvalue weighted by Gasteiger charge is -2.16. The fraction of sp³-hybridized carbons (Fsp3) is 0.158. The number of pyridine rings is 1. The van der Waals surface area contributed by atoms with Crippen LogP contribution in [0.3, 0.4) is 0 Å². The van der Waals surface area contributed by atoms with Crippen molar-refractivity contribution < 1.29 is 9.18 Å². The molecular weight excluding hydrogens is 349 g/mol. The van der Waals surface area contributed by atoms with Gasteiger partial charge in [0.2, 0.25) is 5.56 Å². The lowest BCUT2D eigenvalue weighted by molar-refractivity contribution is 0.0996. The first-order valence-electron chi connectivity index (χ1n) is 8.24. The molecule has 0 aliphatic rings. The standard InChI is InChI=1S/C19H18FN5O2/c1-9(2)14-12(7-8-13(26)23-14)16-15(10-3-5-11(20)6-4-10)25-18(21)17(24-16)19(22)27/h3-9H,1-2H3,(H2,21,25)(H2,22,27)(H,23,26). The number of rotatable bonds is 4. The summed E-state index contributed by atoms with van der Waals surface area (Å²) in [5.41, 5.74) is 13.2. The normalized spacial score (nSPS) is 11.0. The molecule has 0 spiro atoms. The zero-order valence-corrected chi connectivity index (χ0v) is 14.8. The molecule has 3 aromatic rings. The third-order valence-electron chi connectivity index (χ3n) is 4.06. The summed E-state index contributed by atoms with van der Waals surface area (Å²) >= 11 is 0. The maximum Gasteiger partial charge on any atom is 0.271 e. The van der Waals surface area contributed by atoms with Crippen LogP contribution in [0.15, 0.2) is 41.2 Å². The molecule has 1 aromatic carbocycles. The fourth-order valence-electron chi connectivity index (χ4n) is 2.78. The molecule has 5 N–H and O–H groups in total. The van der Waals surface area contributed by atoms with Crippen LogP contribution < -0.4 is 17.0 Å². The number of primary amides is 1. The van der Waals surface area contributed by atoms with E-state index in [0.717, 1.165) is 0 Å². The second kappa shape index (κ2) is 6.99. The van der Waals surface area contributed by atoms with Crippen LogP contribution in [0.5, 0.6) is 0 Å². The zero-order valence-electron chi connectivity index (χ0n) is 14.8. The lowest BCUT2D eigenvalue weighted by atomic mass is 9.97. The van der Waals surface area contributed by atoms with Gasteiger partial charge in [0.15, 0.2) is 11.5 Å². The topological polar surface area (TPSA) is 128 Å². The van der Waals surface area contributed by atoms with Crippen LogP contribution in [0, 0.1) is 5.82 Å². The molecule has 138 valence electrons. The summed E-state index contributed by atoms with van der Waals surface area (Å²) in [4.78, 5) is 34.9. The molecule has 0 fully saturated rings. The fourth-order valence-corrected chi connectivity index (χ4v) is 2.78. The Hall–Kier alpha value is -3.55. The van der Waals surface area contributed by atoms with Gasteiger partial charge in [-0.2, -0.15) is 0 Å². The van der Waals surface area contributed by atoms with Gasteiger partial charge in [-0.05, 0) is 36.2 Å². The van der Waals surface area contributed by atoms with Crippen molar-refractivity contribution in [3.63, 3.8) is 0 Å². The van der Waals surface area contributed by atoms with Gasteiger partial charge >= 0.3 is 0 Å². The van der Waals surface area contributed by atoms with Gasteiger partial charge in [-0.25, -0.2) is 14.4 Å². The average Bonchev–Trinajstić information content (AvgIpc) is 2.62. The van der Waals surface area contributed by atoms with E-state index in [2.05, 4.69) is 15.0 Å². The molecule has 3 rings (SSSR count). The van der Waals surface area contributed by atoms with E-state index < -0.39 is 11.7 Å². The van der Waals surface area contributed by atoms with Gasteiger partial charge in [-0.3, -0.25) is 9.59 Å². The molecular formula is C19H18FN5O2. The van der Waals surface area contributed by atoms with Crippen molar-refractivity contribution >= 4 is 11.7 Å². The van der Waals surface area contributed by atoms with Gasteiger partial charge in [0.1, 0.15) is 5.82 Å². The maximum absolute atomic E-state index is 13.3. The molecule has 2 aromatic heterocycles. The van der Waals surface area contributed by atoms with Gasteiger partial charge in [0.05, 0.1) is 11.4 Å². The van der Waals surface area contributed by atoms with Crippen molar-refractivity contribution in [1.29, 1.82) is 0 Å². The smallest absolute Gasteiger partial charge is 0.271 e. The predicted octanol–water partition coefficient (Wildman–Crippen LogP) is 2.44. The van der Waals surface area contributed by atoms with Crippen LogP contribution in [0.25, 0.3) is 22.5 Å². The van der Waals surface area contributed by atoms with E-state index in [-0.39, 0.29) is 23.0 Å². The highest BCUT2D eigenvalue weighted by Gasteiger charge is 2.21. The second-order valence-electron chi connectivity index (χ2n) is 6.33. The highest BCUT2D eigenvalue weighted by molar-refractivity contribution is 5.97. The number of aromatic amines is 1. The van der Waals surface area contributed by atoms with Gasteiger partial charge < -0.3 is 16.5 Å². The SMILES string of the molecule is CC(C)c1[nH]c(=O)ccc1-c1nc(C(N)=O)c(N)nc1-c1ccc(F)cc1. The number of nitrogens with two attached hydrogens (primary N) is 2. The largest absolute Gasteiger partial charge is 0.382 e. The Morgan fingerprint density at radius 3 is 2.33 bits per heavy atom. The molecule has 0 saturated carbocycles. The summed E-state index contributed by atoms with van der Waals surface area (Å²) in [6, 6.07) is 8.61. The Morgan fingerprint density at radius 1 is 1.07 bits per heavy atom. The number of nitrogen functional groups attached to an aromatic ring is 1. The number of nitrogens with one attached hydrogen (secondary N) is 1. The molecule has 0 aliphatic heterocycles. The number of carbonyl (C=O) groups is 1. The van der Waals surface area contributed by atoms with Crippen LogP contribution in [-0.4, -0.2) is 20.9 Å². The third-order valence-corrected chi connectivity index (χ3v) is 4.06. The van der Waals surface area contributed by atoms with E-state index >= 15 is 0 Å². The first-order chi connectivity index (χ1) is 12.8. The van der Waals surface area contributed by atoms with E-state index in [4.69, 9.17) is 11.5 Å². The molecule has 0 aliphatic carbocycles. The van der Waals surface area contributed by atoms with Crippen molar-refractivity contribution in [3.05, 3.63) is 64.0 Å². The minimum Gasteiger partial charge on any atom is -0.382 e. The predicted molar refractivity (Wildman–Crippen MR) is 101 cm³/mol. The van der Waals surface area contributed by atoms with E-state index in [9.17, 15) is 14.0 Å². The van der Waals surface area contributed by atoms with Crippen LogP contribution >= 0.6 is 0 Å². The molecule has 0 radical (unpaired) electrons. The van der Waals surface area contributed by atoms with Gasteiger partial charge in [0, 0.05) is 22.9 Å². The number of carbonyl (C=O) groups excluding carboxylic acids is 1. The molecule has 0 atom stereocenters. The number of amides is 1. The van der Waals surface area contributed by atoms with E-state index in [1.807, 2.05) is 13.8 Å². The van der Waals surface area contributed by atoms with Crippen LogP contribution in [0.1, 0.15) is 35.9 Å². The van der Waals surface area contributed by atoms with Crippen molar-refractivity contribution in [1.82, 2.24) is 15.0 Å². The Bertz CT molecular complexity index is 1070. The molecule has 8 heteroatoms. The first-order valence-corrected chi connectivity index (χ1v) is 8.24. The van der Waals surface area contributed by atoms with E-state index in [1.54, 1.807) is 6.07 Å². The van der Waals surface area contributed by atoms with E-state index in [1.165, 1.54) is 30.3 Å². The number of halogens is 1. The number of nitrogens with zero attached hydrogens (tertiary/aromatic N) is 2. The van der Waals surface area contributed by atoms with Crippen molar-refractivity contribution in [2.45, 2.75) is 19.8 Å². The maximum atomic E-state index is 13.3. The van der Waals surface area contributed by atoms with Crippen molar-refractivity contribution in [2.24, 2.45) is 5.73 Å². The van der Waals surface area contributed by atoms with E-state index in [0.29, 0.717) is 28.2 Å². The number of H-pyrrole nitrogens is 1. The zero-order chi connectivity index (χ0) is 19.7. The molecule has 0 unspecified atom stereocenters. The summed E-state index contributed by atoms with van der Waals surface area (Å²) in [6.45, 7) is 3.82. The second-order valence-corrected chi connectivity index (χ2v) is 6.33. The number of benzene rings is 1. The Balaban J connectivity index is 2.37. The Morgan fingerprint density at radius 2 is 1.74 bits per heavy atom. The summed E-state index contributed by atoms with van der Waals surface area (Å²) in [5.74, 6) is -1.38. The first kappa shape index (κ1) is 18.2. The van der Waals surface area contributed by atoms with Gasteiger partial charge in [-0.1, -0.05) is 13.8 Å². The monoisotopic (exact) mass is 367 g/mol. The van der Waals surface area contributed by atoms with Gasteiger partial charge in [0.25, 0.3) is 5.91 Å². The number of hydrogen-bond acceptors (Lipinski definition) is 5. The number of aromatic nitrogens is 3. The molecule has 2 heterocycles. The summed E-state index contributed by atoms with van der Waals surface area (Å²) in [5, 5.41) is 0. The van der Waals surface area contributed by atoms with Crippen LogP contribution in [-0.2, 0) is 0 Å². The summed E-state index contributed by atoms with van der Waals surface area (Å²) in [7, 11) is 0. The van der Waals surface area contributed by atoms with Crippen LogP contribution in [0.4, 0.5) is 10.2 Å². The molecule has 1 amide bonds. The highest BCUT2D eigenvalue weighted by Crippen LogP contribution is 2.34. The lowest BCUT2D eigenvalue weighted by Crippen LogP contribution is -2.18. The average molecular weight is 367 g/mol. The third kappa shape index (κ3) is 3.55. The van der Waals surface area contributed by atoms with Gasteiger partial charge in [-0.15, -0.1) is 0 Å². The minimum absolute atomic E-state index is 0.0358. The van der Waals surface area contributed by atoms with Crippen molar-refractivity contribution in [3.8, 4) is 22.5 Å². The van der Waals surface area contributed by atoms with Crippen molar-refractivity contribution in [2.75, 3.05) is 5.73 Å². The quantitative estimate of drug-likeness (QED) is 0.652. The highest BCUT2D eigenvalue weighted by atomic mass is 19.1. The van der Waals surface area contributed by atoms with Crippen LogP contribution in [0.2, 0.25) is 0 Å².